The summed E-state index contributed by atoms with van der Waals surface area (Å²) in [5.41, 5.74) is 3.29. The van der Waals surface area contributed by atoms with Gasteiger partial charge in [-0.3, -0.25) is 9.36 Å². The molecule has 2 heterocycles. The molecular weight excluding hydrogens is 348 g/mol. The van der Waals surface area contributed by atoms with Crippen LogP contribution < -0.4 is 10.9 Å². The second-order valence-electron chi connectivity index (χ2n) is 6.09. The van der Waals surface area contributed by atoms with Crippen LogP contribution in [-0.2, 0) is 6.54 Å². The molecule has 6 heteroatoms. The van der Waals surface area contributed by atoms with E-state index < -0.39 is 0 Å². The van der Waals surface area contributed by atoms with Gasteiger partial charge in [-0.2, -0.15) is 4.98 Å². The van der Waals surface area contributed by atoms with E-state index in [1.54, 1.807) is 12.3 Å². The number of nitrogens with one attached hydrogen (secondary N) is 2. The van der Waals surface area contributed by atoms with Crippen LogP contribution in [0, 0.1) is 6.92 Å². The average molecular weight is 365 g/mol. The predicted molar refractivity (Wildman–Crippen MR) is 105 cm³/mol. The molecule has 0 unspecified atom stereocenters. The minimum atomic E-state index is -0.271. The molecule has 0 spiro atoms. The maximum atomic E-state index is 12.4. The Kier molecular flexibility index (Phi) is 4.22. The van der Waals surface area contributed by atoms with Gasteiger partial charge in [-0.05, 0) is 36.2 Å². The molecule has 0 atom stereocenters. The smallest absolute Gasteiger partial charge is 0.283 e. The van der Waals surface area contributed by atoms with Crippen LogP contribution in [0.15, 0.2) is 65.6 Å². The fourth-order valence-corrected chi connectivity index (χ4v) is 3.13. The van der Waals surface area contributed by atoms with Gasteiger partial charge in [-0.25, -0.2) is 0 Å². The van der Waals surface area contributed by atoms with Gasteiger partial charge in [-0.1, -0.05) is 48.0 Å². The van der Waals surface area contributed by atoms with E-state index in [1.807, 2.05) is 60.0 Å². The number of anilines is 2. The van der Waals surface area contributed by atoms with Gasteiger partial charge in [0, 0.05) is 16.9 Å². The van der Waals surface area contributed by atoms with Gasteiger partial charge in [0.1, 0.15) is 5.65 Å². The van der Waals surface area contributed by atoms with Gasteiger partial charge >= 0.3 is 0 Å². The summed E-state index contributed by atoms with van der Waals surface area (Å²) in [5.74, 6) is 0.471. The minimum absolute atomic E-state index is 0.271. The second kappa shape index (κ2) is 6.69. The molecule has 0 radical (unpaired) electrons. The van der Waals surface area contributed by atoms with E-state index in [9.17, 15) is 4.79 Å². The van der Waals surface area contributed by atoms with Gasteiger partial charge in [-0.15, -0.1) is 0 Å². The quantitative estimate of drug-likeness (QED) is 0.561. The molecular formula is C20H17ClN4O. The molecule has 0 bridgehead atoms. The van der Waals surface area contributed by atoms with Crippen LogP contribution in [0.5, 0.6) is 0 Å². The number of fused-ring (bicyclic) bond motifs is 1. The fraction of sp³-hybridized carbons (Fsp3) is 0.100. The van der Waals surface area contributed by atoms with Crippen LogP contribution in [0.4, 0.5) is 11.6 Å². The number of benzene rings is 2. The molecule has 0 aliphatic rings. The topological polar surface area (TPSA) is 62.7 Å². The first-order valence-electron chi connectivity index (χ1n) is 8.27. The molecule has 2 aromatic heterocycles. The highest BCUT2D eigenvalue weighted by atomic mass is 35.5. The lowest BCUT2D eigenvalue weighted by atomic mass is 10.2. The average Bonchev–Trinajstić information content (AvgIpc) is 3.13. The third-order valence-corrected chi connectivity index (χ3v) is 4.80. The zero-order chi connectivity index (χ0) is 18.1. The molecule has 0 saturated carbocycles. The van der Waals surface area contributed by atoms with E-state index in [0.717, 1.165) is 22.5 Å². The highest BCUT2D eigenvalue weighted by Crippen LogP contribution is 2.26. The van der Waals surface area contributed by atoms with Crippen molar-refractivity contribution in [2.75, 3.05) is 5.32 Å². The molecule has 2 aromatic carbocycles. The first-order valence-corrected chi connectivity index (χ1v) is 8.65. The number of aromatic amines is 1. The highest BCUT2D eigenvalue weighted by Gasteiger charge is 2.13. The Morgan fingerprint density at radius 2 is 1.92 bits per heavy atom. The Bertz CT molecular complexity index is 1130. The summed E-state index contributed by atoms with van der Waals surface area (Å²) < 4.78 is 1.96. The fourth-order valence-electron chi connectivity index (χ4n) is 2.96. The largest absolute Gasteiger partial charge is 0.347 e. The van der Waals surface area contributed by atoms with Crippen LogP contribution in [0.2, 0.25) is 5.02 Å². The molecule has 0 aliphatic carbocycles. The maximum Gasteiger partial charge on any atom is 0.283 e. The summed E-state index contributed by atoms with van der Waals surface area (Å²) in [6.07, 6.45) is 1.75. The number of H-pyrrole nitrogens is 1. The lowest BCUT2D eigenvalue weighted by Crippen LogP contribution is -2.18. The van der Waals surface area contributed by atoms with Crippen LogP contribution in [0.25, 0.3) is 11.0 Å². The first-order chi connectivity index (χ1) is 12.6. The Morgan fingerprint density at radius 3 is 2.73 bits per heavy atom. The highest BCUT2D eigenvalue weighted by molar-refractivity contribution is 6.31. The van der Waals surface area contributed by atoms with E-state index >= 15 is 0 Å². The Balaban J connectivity index is 1.86. The van der Waals surface area contributed by atoms with Crippen LogP contribution >= 0.6 is 11.6 Å². The van der Waals surface area contributed by atoms with E-state index in [4.69, 9.17) is 11.6 Å². The van der Waals surface area contributed by atoms with Crippen molar-refractivity contribution in [3.8, 4) is 0 Å². The van der Waals surface area contributed by atoms with Gasteiger partial charge < -0.3 is 10.3 Å². The van der Waals surface area contributed by atoms with E-state index in [-0.39, 0.29) is 5.56 Å². The number of hydrogen-bond acceptors (Lipinski definition) is 3. The van der Waals surface area contributed by atoms with E-state index in [1.165, 1.54) is 0 Å². The molecule has 0 amide bonds. The lowest BCUT2D eigenvalue weighted by Gasteiger charge is -2.17. The summed E-state index contributed by atoms with van der Waals surface area (Å²) in [5, 5.41) is 4.50. The number of hydrogen-bond donors (Lipinski definition) is 2. The summed E-state index contributed by atoms with van der Waals surface area (Å²) in [6, 6.07) is 17.4. The SMILES string of the molecule is Cc1c(Cl)cccc1Nc1nc(=O)c2cc[nH]c2n1Cc1ccccc1. The predicted octanol–water partition coefficient (Wildman–Crippen LogP) is 4.48. The normalized spacial score (nSPS) is 11.0. The number of nitrogens with zero attached hydrogens (tertiary/aromatic N) is 2. The summed E-state index contributed by atoms with van der Waals surface area (Å²) in [6.45, 7) is 2.50. The second-order valence-corrected chi connectivity index (χ2v) is 6.50. The molecule has 0 saturated heterocycles. The number of aromatic nitrogens is 3. The Labute approximate surface area is 155 Å². The van der Waals surface area contributed by atoms with Crippen molar-refractivity contribution in [2.45, 2.75) is 13.5 Å². The number of rotatable bonds is 4. The van der Waals surface area contributed by atoms with Crippen molar-refractivity contribution in [2.24, 2.45) is 0 Å². The van der Waals surface area contributed by atoms with Gasteiger partial charge in [0.15, 0.2) is 0 Å². The first kappa shape index (κ1) is 16.4. The standard InChI is InChI=1S/C20H17ClN4O/c1-13-16(21)8-5-9-17(13)23-20-24-19(26)15-10-11-22-18(15)25(20)12-14-6-3-2-4-7-14/h2-11,22H,12H2,1H3,(H,23,24,26). The van der Waals surface area contributed by atoms with Gasteiger partial charge in [0.05, 0.1) is 11.9 Å². The number of halogens is 1. The van der Waals surface area contributed by atoms with Gasteiger partial charge in [0.2, 0.25) is 5.95 Å². The lowest BCUT2D eigenvalue weighted by molar-refractivity contribution is 0.801. The molecule has 5 nitrogen and oxygen atoms in total. The molecule has 2 N–H and O–H groups in total. The van der Waals surface area contributed by atoms with Gasteiger partial charge in [0.25, 0.3) is 5.56 Å². The molecule has 0 aliphatic heterocycles. The zero-order valence-electron chi connectivity index (χ0n) is 14.2. The zero-order valence-corrected chi connectivity index (χ0v) is 14.9. The van der Waals surface area contributed by atoms with E-state index in [0.29, 0.717) is 22.9 Å². The van der Waals surface area contributed by atoms with Crippen LogP contribution in [0.3, 0.4) is 0 Å². The van der Waals surface area contributed by atoms with Crippen LogP contribution in [-0.4, -0.2) is 14.5 Å². The minimum Gasteiger partial charge on any atom is -0.347 e. The monoisotopic (exact) mass is 364 g/mol. The van der Waals surface area contributed by atoms with E-state index in [2.05, 4.69) is 15.3 Å². The third kappa shape index (κ3) is 2.97. The van der Waals surface area contributed by atoms with Crippen LogP contribution in [0.1, 0.15) is 11.1 Å². The molecule has 130 valence electrons. The third-order valence-electron chi connectivity index (χ3n) is 4.39. The Hall–Kier alpha value is -3.05. The van der Waals surface area contributed by atoms with Crippen molar-refractivity contribution in [1.82, 2.24) is 14.5 Å². The van der Waals surface area contributed by atoms with Crippen molar-refractivity contribution in [3.63, 3.8) is 0 Å². The molecule has 26 heavy (non-hydrogen) atoms. The summed E-state index contributed by atoms with van der Waals surface area (Å²) in [7, 11) is 0. The molecule has 4 rings (SSSR count). The van der Waals surface area contributed by atoms with Crippen molar-refractivity contribution < 1.29 is 0 Å². The molecule has 0 fully saturated rings. The molecule has 4 aromatic rings. The maximum absolute atomic E-state index is 12.4. The summed E-state index contributed by atoms with van der Waals surface area (Å²) in [4.78, 5) is 19.8. The summed E-state index contributed by atoms with van der Waals surface area (Å²) >= 11 is 6.22. The van der Waals surface area contributed by atoms with Crippen molar-refractivity contribution >= 4 is 34.3 Å². The Morgan fingerprint density at radius 1 is 1.12 bits per heavy atom. The van der Waals surface area contributed by atoms with Crippen molar-refractivity contribution in [3.05, 3.63) is 87.3 Å². The van der Waals surface area contributed by atoms with Crippen molar-refractivity contribution in [1.29, 1.82) is 0 Å².